The van der Waals surface area contributed by atoms with E-state index in [-0.39, 0.29) is 16.9 Å². The lowest BCUT2D eigenvalue weighted by molar-refractivity contribution is -1.19. The number of hydrogen-bond acceptors (Lipinski definition) is 2. The van der Waals surface area contributed by atoms with Crippen LogP contribution in [0.4, 0.5) is 0 Å². The number of benzene rings is 1. The van der Waals surface area contributed by atoms with Crippen LogP contribution in [0.2, 0.25) is 0 Å². The van der Waals surface area contributed by atoms with Gasteiger partial charge in [-0.25, -0.2) is 0 Å². The van der Waals surface area contributed by atoms with Crippen molar-refractivity contribution in [1.29, 1.82) is 0 Å². The molecule has 0 amide bonds. The van der Waals surface area contributed by atoms with Crippen LogP contribution >= 0.6 is 15.9 Å². The van der Waals surface area contributed by atoms with Crippen LogP contribution in [0.25, 0.3) is 0 Å². The zero-order chi connectivity index (χ0) is 16.4. The summed E-state index contributed by atoms with van der Waals surface area (Å²) in [5, 5.41) is 21.5. The molecule has 0 unspecified atom stereocenters. The molecule has 0 atom stereocenters. The summed E-state index contributed by atoms with van der Waals surface area (Å²) in [5.41, 5.74) is 1.15. The number of rotatable bonds is 3. The normalized spacial score (nSPS) is 44.7. The molecule has 5 heteroatoms. The monoisotopic (exact) mass is 382 g/mol. The minimum absolute atomic E-state index is 0.0509. The maximum atomic E-state index is 11.1. The molecule has 5 rings (SSSR count). The second-order valence-electron chi connectivity index (χ2n) is 7.99. The van der Waals surface area contributed by atoms with Crippen LogP contribution in [-0.4, -0.2) is 42.5 Å². The van der Waals surface area contributed by atoms with E-state index in [0.29, 0.717) is 11.9 Å². The minimum Gasteiger partial charge on any atom is -0.507 e. The highest BCUT2D eigenvalue weighted by Crippen LogP contribution is 2.44. The lowest BCUT2D eigenvalue weighted by Gasteiger charge is -2.64. The third kappa shape index (κ3) is 2.06. The average molecular weight is 383 g/mol. The number of aliphatic hydroxyl groups excluding tert-OH is 1. The second-order valence-corrected chi connectivity index (χ2v) is 8.91. The molecule has 1 aromatic carbocycles. The lowest BCUT2D eigenvalue weighted by Crippen LogP contribution is -3.41. The van der Waals surface area contributed by atoms with E-state index in [9.17, 15) is 10.2 Å². The van der Waals surface area contributed by atoms with E-state index in [4.69, 9.17) is 0 Å². The van der Waals surface area contributed by atoms with Gasteiger partial charge < -0.3 is 10.2 Å². The highest BCUT2D eigenvalue weighted by molar-refractivity contribution is 9.10. The first kappa shape index (κ1) is 15.9. The van der Waals surface area contributed by atoms with Gasteiger partial charge >= 0.3 is 0 Å². The Hall–Kier alpha value is -0.620. The lowest BCUT2D eigenvalue weighted by atomic mass is 9.57. The molecule has 4 saturated heterocycles. The van der Waals surface area contributed by atoms with Crippen molar-refractivity contribution in [3.05, 3.63) is 28.2 Å². The molecule has 0 aromatic heterocycles. The Morgan fingerprint density at radius 2 is 1.61 bits per heavy atom. The molecular weight excluding hydrogens is 356 g/mol. The highest BCUT2D eigenvalue weighted by Gasteiger charge is 2.70. The summed E-state index contributed by atoms with van der Waals surface area (Å²) in [6, 6.07) is 5.77. The molecule has 126 valence electrons. The van der Waals surface area contributed by atoms with Gasteiger partial charge in [-0.1, -0.05) is 29.8 Å². The summed E-state index contributed by atoms with van der Waals surface area (Å²) < 4.78 is 1.02. The van der Waals surface area contributed by atoms with Gasteiger partial charge in [-0.2, -0.15) is 0 Å². The number of halogens is 1. The van der Waals surface area contributed by atoms with Crippen molar-refractivity contribution in [3.63, 3.8) is 0 Å². The van der Waals surface area contributed by atoms with Gasteiger partial charge in [0.2, 0.25) is 6.17 Å². The van der Waals surface area contributed by atoms with E-state index in [0.717, 1.165) is 49.1 Å². The SMILES string of the molecule is CCC12C[NH+]3CC(CC)(C[NH+](C1)C3c1cc(Br)ccc1O)C2O. The van der Waals surface area contributed by atoms with Crippen LogP contribution in [0.5, 0.6) is 5.75 Å². The number of piperidine rings is 2. The molecule has 4 N–H and O–H groups in total. The molecule has 0 aliphatic carbocycles. The fourth-order valence-corrected chi connectivity index (χ4v) is 6.25. The first-order valence-corrected chi connectivity index (χ1v) is 9.59. The largest absolute Gasteiger partial charge is 0.507 e. The van der Waals surface area contributed by atoms with Crippen molar-refractivity contribution >= 4 is 15.9 Å². The molecule has 1 aromatic rings. The van der Waals surface area contributed by atoms with E-state index in [1.165, 1.54) is 0 Å². The summed E-state index contributed by atoms with van der Waals surface area (Å²) in [6.45, 7) is 8.54. The van der Waals surface area contributed by atoms with Crippen LogP contribution in [0, 0.1) is 10.8 Å². The van der Waals surface area contributed by atoms with Crippen molar-refractivity contribution in [2.75, 3.05) is 26.2 Å². The standard InChI is InChI=1S/C18H25BrN2O2/c1-3-17-8-20-10-18(4-2,16(17)23)11-21(9-17)15(20)13-7-12(19)5-6-14(13)22/h5-7,15-16,22-23H,3-4,8-11H2,1-2H3/p+2. The minimum atomic E-state index is -0.172. The van der Waals surface area contributed by atoms with Crippen molar-refractivity contribution in [1.82, 2.24) is 0 Å². The van der Waals surface area contributed by atoms with E-state index >= 15 is 0 Å². The van der Waals surface area contributed by atoms with Crippen molar-refractivity contribution in [2.45, 2.75) is 39.0 Å². The number of phenolic OH excluding ortho intramolecular Hbond substituents is 1. The van der Waals surface area contributed by atoms with Crippen LogP contribution in [-0.2, 0) is 0 Å². The summed E-state index contributed by atoms with van der Waals surface area (Å²) in [7, 11) is 0. The van der Waals surface area contributed by atoms with Crippen molar-refractivity contribution in [2.24, 2.45) is 10.8 Å². The Labute approximate surface area is 146 Å². The number of hydrogen-bond donors (Lipinski definition) is 4. The van der Waals surface area contributed by atoms with Crippen molar-refractivity contribution in [3.8, 4) is 5.75 Å². The fraction of sp³-hybridized carbons (Fsp3) is 0.667. The third-order valence-electron chi connectivity index (χ3n) is 7.00. The van der Waals surface area contributed by atoms with E-state index in [1.807, 2.05) is 6.07 Å². The number of aromatic hydroxyl groups is 1. The van der Waals surface area contributed by atoms with Crippen molar-refractivity contribution < 1.29 is 20.0 Å². The Bertz CT molecular complexity index is 595. The van der Waals surface area contributed by atoms with E-state index in [1.54, 1.807) is 15.9 Å². The Kier molecular flexibility index (Phi) is 3.58. The molecule has 0 radical (unpaired) electrons. The van der Waals surface area contributed by atoms with Gasteiger partial charge in [0.25, 0.3) is 0 Å². The first-order valence-electron chi connectivity index (χ1n) is 8.80. The van der Waals surface area contributed by atoms with E-state index in [2.05, 4.69) is 35.8 Å². The van der Waals surface area contributed by atoms with Gasteiger partial charge in [-0.3, -0.25) is 9.80 Å². The zero-order valence-electron chi connectivity index (χ0n) is 13.9. The third-order valence-corrected chi connectivity index (χ3v) is 7.50. The number of nitrogens with one attached hydrogen (secondary N) is 2. The summed E-state index contributed by atoms with van der Waals surface area (Å²) in [4.78, 5) is 3.08. The topological polar surface area (TPSA) is 49.3 Å². The van der Waals surface area contributed by atoms with Gasteiger partial charge in [0, 0.05) is 4.47 Å². The highest BCUT2D eigenvalue weighted by atomic mass is 79.9. The molecule has 4 heterocycles. The molecule has 4 nitrogen and oxygen atoms in total. The molecule has 0 spiro atoms. The van der Waals surface area contributed by atoms with Gasteiger partial charge in [0.05, 0.1) is 43.1 Å². The number of aliphatic hydroxyl groups is 1. The summed E-state index contributed by atoms with van der Waals surface area (Å²) in [5.74, 6) is 0.405. The number of phenols is 1. The van der Waals surface area contributed by atoms with Crippen LogP contribution in [0.1, 0.15) is 38.4 Å². The average Bonchev–Trinajstić information content (AvgIpc) is 2.54. The van der Waals surface area contributed by atoms with Gasteiger partial charge in [0.1, 0.15) is 11.3 Å². The van der Waals surface area contributed by atoms with Crippen LogP contribution < -0.4 is 9.80 Å². The van der Waals surface area contributed by atoms with Gasteiger partial charge in [-0.05, 0) is 31.0 Å². The molecule has 23 heavy (non-hydrogen) atoms. The Morgan fingerprint density at radius 3 is 2.09 bits per heavy atom. The molecule has 0 saturated carbocycles. The Balaban J connectivity index is 1.77. The maximum Gasteiger partial charge on any atom is 0.243 e. The molecule has 4 fully saturated rings. The zero-order valence-corrected chi connectivity index (χ0v) is 15.5. The Morgan fingerprint density at radius 1 is 1.09 bits per heavy atom. The van der Waals surface area contributed by atoms with Crippen LogP contribution in [0.3, 0.4) is 0 Å². The first-order chi connectivity index (χ1) is 10.9. The fourth-order valence-electron chi connectivity index (χ4n) is 5.88. The second kappa shape index (κ2) is 5.19. The quantitative estimate of drug-likeness (QED) is 0.600. The summed E-state index contributed by atoms with van der Waals surface area (Å²) >= 11 is 3.55. The molecule has 4 aliphatic rings. The van der Waals surface area contributed by atoms with Gasteiger partial charge in [0.15, 0.2) is 0 Å². The summed E-state index contributed by atoms with van der Waals surface area (Å²) in [6.07, 6.45) is 2.20. The smallest absolute Gasteiger partial charge is 0.243 e. The predicted molar refractivity (Wildman–Crippen MR) is 91.4 cm³/mol. The molecule has 4 bridgehead atoms. The molecule has 4 aliphatic heterocycles. The predicted octanol–water partition coefficient (Wildman–Crippen LogP) is 0.118. The maximum absolute atomic E-state index is 11.1. The number of quaternary nitrogens is 2. The molecular formula is C18H27BrN2O2+2. The van der Waals surface area contributed by atoms with Crippen LogP contribution in [0.15, 0.2) is 22.7 Å². The van der Waals surface area contributed by atoms with E-state index < -0.39 is 0 Å². The van der Waals surface area contributed by atoms with Gasteiger partial charge in [-0.15, -0.1) is 0 Å².